The second-order valence-corrected chi connectivity index (χ2v) is 6.97. The van der Waals surface area contributed by atoms with Crippen molar-refractivity contribution in [1.29, 1.82) is 0 Å². The molecule has 0 spiro atoms. The highest BCUT2D eigenvalue weighted by molar-refractivity contribution is 9.10. The Bertz CT molecular complexity index is 830. The Balaban J connectivity index is 1.87. The van der Waals surface area contributed by atoms with E-state index in [1.807, 2.05) is 42.5 Å². The first-order chi connectivity index (χ1) is 11.2. The maximum atomic E-state index is 12.3. The molecule has 0 bridgehead atoms. The first-order valence-electron chi connectivity index (χ1n) is 7.29. The molecule has 116 valence electrons. The van der Waals surface area contributed by atoms with Gasteiger partial charge in [-0.1, -0.05) is 59.3 Å². The molecule has 0 atom stereocenters. The summed E-state index contributed by atoms with van der Waals surface area (Å²) in [5.74, 6) is -0.151. The molecule has 0 aliphatic rings. The molecule has 0 radical (unpaired) electrons. The highest BCUT2D eigenvalue weighted by Gasteiger charge is 2.14. The lowest BCUT2D eigenvalue weighted by atomic mass is 10.1. The number of carbonyl (C=O) groups excluding carboxylic acids is 1. The number of thiazole rings is 1. The van der Waals surface area contributed by atoms with Gasteiger partial charge < -0.3 is 0 Å². The fourth-order valence-electron chi connectivity index (χ4n) is 2.27. The highest BCUT2D eigenvalue weighted by atomic mass is 79.9. The van der Waals surface area contributed by atoms with E-state index in [9.17, 15) is 4.79 Å². The number of anilines is 1. The summed E-state index contributed by atoms with van der Waals surface area (Å²) in [6.07, 6.45) is 0.884. The van der Waals surface area contributed by atoms with Crippen LogP contribution in [0.15, 0.2) is 59.1 Å². The fourth-order valence-corrected chi connectivity index (χ4v) is 3.58. The van der Waals surface area contributed by atoms with Gasteiger partial charge >= 0.3 is 0 Å². The summed E-state index contributed by atoms with van der Waals surface area (Å²) in [5.41, 5.74) is 2.63. The number of nitrogens with one attached hydrogen (secondary N) is 1. The number of nitrogens with zero attached hydrogens (tertiary/aromatic N) is 1. The van der Waals surface area contributed by atoms with Crippen LogP contribution >= 0.6 is 27.3 Å². The molecule has 1 aromatic heterocycles. The molecular weight excluding hydrogens is 372 g/mol. The zero-order chi connectivity index (χ0) is 16.2. The molecule has 0 aliphatic heterocycles. The van der Waals surface area contributed by atoms with E-state index >= 15 is 0 Å². The summed E-state index contributed by atoms with van der Waals surface area (Å²) < 4.78 is 0.878. The van der Waals surface area contributed by atoms with Gasteiger partial charge in [0.2, 0.25) is 0 Å². The minimum atomic E-state index is -0.151. The van der Waals surface area contributed by atoms with Crippen molar-refractivity contribution in [3.8, 4) is 11.3 Å². The Morgan fingerprint density at radius 1 is 1.17 bits per heavy atom. The zero-order valence-electron chi connectivity index (χ0n) is 12.5. The van der Waals surface area contributed by atoms with Crippen LogP contribution < -0.4 is 5.32 Å². The SMILES string of the molecule is CCc1sc(NC(=O)c2cccc(Br)c2)nc1-c1ccccc1. The summed E-state index contributed by atoms with van der Waals surface area (Å²) in [4.78, 5) is 18.1. The number of amides is 1. The molecule has 3 nitrogen and oxygen atoms in total. The largest absolute Gasteiger partial charge is 0.298 e. The number of carbonyl (C=O) groups is 1. The van der Waals surface area contributed by atoms with Gasteiger partial charge in [0.05, 0.1) is 5.69 Å². The minimum Gasteiger partial charge on any atom is -0.298 e. The van der Waals surface area contributed by atoms with Crippen LogP contribution in [0.25, 0.3) is 11.3 Å². The Kier molecular flexibility index (Phi) is 4.88. The topological polar surface area (TPSA) is 42.0 Å². The molecular formula is C18H15BrN2OS. The van der Waals surface area contributed by atoms with Crippen molar-refractivity contribution in [3.63, 3.8) is 0 Å². The molecule has 1 N–H and O–H groups in total. The van der Waals surface area contributed by atoms with Crippen molar-refractivity contribution >= 4 is 38.3 Å². The average molecular weight is 387 g/mol. The number of hydrogen-bond acceptors (Lipinski definition) is 3. The first kappa shape index (κ1) is 15.9. The summed E-state index contributed by atoms with van der Waals surface area (Å²) in [7, 11) is 0. The molecule has 3 rings (SSSR count). The van der Waals surface area contributed by atoms with E-state index in [1.165, 1.54) is 16.2 Å². The monoisotopic (exact) mass is 386 g/mol. The minimum absolute atomic E-state index is 0.151. The standard InChI is InChI=1S/C18H15BrN2OS/c1-2-15-16(12-7-4-3-5-8-12)20-18(23-15)21-17(22)13-9-6-10-14(19)11-13/h3-11H,2H2,1H3,(H,20,21,22). The molecule has 23 heavy (non-hydrogen) atoms. The van der Waals surface area contributed by atoms with Gasteiger partial charge in [-0.3, -0.25) is 10.1 Å². The third kappa shape index (κ3) is 3.68. The van der Waals surface area contributed by atoms with Gasteiger partial charge in [-0.15, -0.1) is 11.3 Å². The van der Waals surface area contributed by atoms with Crippen molar-refractivity contribution in [2.45, 2.75) is 13.3 Å². The molecule has 0 saturated heterocycles. The lowest BCUT2D eigenvalue weighted by Gasteiger charge is -2.02. The van der Waals surface area contributed by atoms with E-state index in [0.717, 1.165) is 22.2 Å². The van der Waals surface area contributed by atoms with E-state index in [-0.39, 0.29) is 5.91 Å². The van der Waals surface area contributed by atoms with Crippen molar-refractivity contribution in [3.05, 3.63) is 69.5 Å². The Morgan fingerprint density at radius 3 is 2.65 bits per heavy atom. The van der Waals surface area contributed by atoms with E-state index in [2.05, 4.69) is 33.2 Å². The average Bonchev–Trinajstić information content (AvgIpc) is 2.98. The predicted molar refractivity (Wildman–Crippen MR) is 99.0 cm³/mol. The quantitative estimate of drug-likeness (QED) is 0.653. The summed E-state index contributed by atoms with van der Waals surface area (Å²) in [6.45, 7) is 2.10. The van der Waals surface area contributed by atoms with Gasteiger partial charge in [-0.2, -0.15) is 0 Å². The molecule has 3 aromatic rings. The Hall–Kier alpha value is -1.98. The lowest BCUT2D eigenvalue weighted by Crippen LogP contribution is -2.11. The zero-order valence-corrected chi connectivity index (χ0v) is 14.9. The van der Waals surface area contributed by atoms with Crippen LogP contribution in [-0.4, -0.2) is 10.9 Å². The Morgan fingerprint density at radius 2 is 1.96 bits per heavy atom. The third-order valence-electron chi connectivity index (χ3n) is 3.37. The van der Waals surface area contributed by atoms with Crippen LogP contribution in [0.4, 0.5) is 5.13 Å². The van der Waals surface area contributed by atoms with Crippen LogP contribution in [0.5, 0.6) is 0 Å². The molecule has 0 fully saturated rings. The molecule has 2 aromatic carbocycles. The van der Waals surface area contributed by atoms with Gasteiger partial charge in [-0.05, 0) is 24.6 Å². The maximum Gasteiger partial charge on any atom is 0.257 e. The second kappa shape index (κ2) is 7.06. The number of hydrogen-bond donors (Lipinski definition) is 1. The van der Waals surface area contributed by atoms with E-state index < -0.39 is 0 Å². The number of benzene rings is 2. The maximum absolute atomic E-state index is 12.3. The van der Waals surface area contributed by atoms with Crippen LogP contribution in [0.2, 0.25) is 0 Å². The number of aryl methyl sites for hydroxylation is 1. The number of halogens is 1. The predicted octanol–water partition coefficient (Wildman–Crippen LogP) is 5.39. The lowest BCUT2D eigenvalue weighted by molar-refractivity contribution is 0.102. The van der Waals surface area contributed by atoms with Gasteiger partial charge in [0, 0.05) is 20.5 Å². The van der Waals surface area contributed by atoms with Gasteiger partial charge in [-0.25, -0.2) is 4.98 Å². The first-order valence-corrected chi connectivity index (χ1v) is 8.90. The second-order valence-electron chi connectivity index (χ2n) is 4.97. The van der Waals surface area contributed by atoms with Crippen LogP contribution in [0.3, 0.4) is 0 Å². The molecule has 5 heteroatoms. The Labute approximate surface area is 147 Å². The smallest absolute Gasteiger partial charge is 0.257 e. The molecule has 0 saturated carbocycles. The van der Waals surface area contributed by atoms with Crippen molar-refractivity contribution in [2.75, 3.05) is 5.32 Å². The van der Waals surface area contributed by atoms with E-state index in [1.54, 1.807) is 12.1 Å². The van der Waals surface area contributed by atoms with Crippen LogP contribution in [0.1, 0.15) is 22.2 Å². The van der Waals surface area contributed by atoms with Crippen molar-refractivity contribution < 1.29 is 4.79 Å². The normalized spacial score (nSPS) is 10.5. The van der Waals surface area contributed by atoms with Gasteiger partial charge in [0.15, 0.2) is 5.13 Å². The van der Waals surface area contributed by atoms with E-state index in [0.29, 0.717) is 10.7 Å². The summed E-state index contributed by atoms with van der Waals surface area (Å²) >= 11 is 4.91. The van der Waals surface area contributed by atoms with Crippen molar-refractivity contribution in [1.82, 2.24) is 4.98 Å². The van der Waals surface area contributed by atoms with E-state index in [4.69, 9.17) is 0 Å². The molecule has 1 amide bonds. The fraction of sp³-hybridized carbons (Fsp3) is 0.111. The van der Waals surface area contributed by atoms with Crippen LogP contribution in [0, 0.1) is 0 Å². The molecule has 1 heterocycles. The highest BCUT2D eigenvalue weighted by Crippen LogP contribution is 2.31. The molecule has 0 aliphatic carbocycles. The number of aromatic nitrogens is 1. The van der Waals surface area contributed by atoms with Crippen LogP contribution in [-0.2, 0) is 6.42 Å². The molecule has 0 unspecified atom stereocenters. The van der Waals surface area contributed by atoms with Gasteiger partial charge in [0.25, 0.3) is 5.91 Å². The number of rotatable bonds is 4. The van der Waals surface area contributed by atoms with Gasteiger partial charge in [0.1, 0.15) is 0 Å². The third-order valence-corrected chi connectivity index (χ3v) is 4.98. The van der Waals surface area contributed by atoms with Crippen molar-refractivity contribution in [2.24, 2.45) is 0 Å². The summed E-state index contributed by atoms with van der Waals surface area (Å²) in [5, 5.41) is 3.53. The summed E-state index contributed by atoms with van der Waals surface area (Å²) in [6, 6.07) is 17.4.